The lowest BCUT2D eigenvalue weighted by Gasteiger charge is -2.29. The molecule has 0 bridgehead atoms. The molecule has 1 fully saturated rings. The quantitative estimate of drug-likeness (QED) is 0.701. The highest BCUT2D eigenvalue weighted by molar-refractivity contribution is 5.80. The number of benzene rings is 2. The largest absolute Gasteiger partial charge is 0.493 e. The summed E-state index contributed by atoms with van der Waals surface area (Å²) in [5, 5.41) is 12.2. The van der Waals surface area contributed by atoms with Gasteiger partial charge in [-0.25, -0.2) is 0 Å². The highest BCUT2D eigenvalue weighted by Gasteiger charge is 2.22. The van der Waals surface area contributed by atoms with Crippen LogP contribution >= 0.6 is 0 Å². The first-order chi connectivity index (χ1) is 14.5. The molecule has 2 aliphatic rings. The number of fused-ring (bicyclic) bond motifs is 1. The number of nitrogens with zero attached hydrogens (tertiary/aromatic N) is 1. The van der Waals surface area contributed by atoms with Crippen molar-refractivity contribution in [3.63, 3.8) is 0 Å². The zero-order chi connectivity index (χ0) is 21.1. The Morgan fingerprint density at radius 2 is 1.93 bits per heavy atom. The van der Waals surface area contributed by atoms with Crippen molar-refractivity contribution in [1.29, 1.82) is 0 Å². The number of hydrogen-bond donors (Lipinski definition) is 2. The van der Waals surface area contributed by atoms with Crippen LogP contribution in [0.4, 0.5) is 0 Å². The van der Waals surface area contributed by atoms with E-state index in [9.17, 15) is 9.90 Å². The average Bonchev–Trinajstić information content (AvgIpc) is 3.57. The fourth-order valence-electron chi connectivity index (χ4n) is 3.90. The van der Waals surface area contributed by atoms with Gasteiger partial charge in [-0.1, -0.05) is 30.3 Å². The Balaban J connectivity index is 1.31. The van der Waals surface area contributed by atoms with Gasteiger partial charge in [-0.05, 0) is 73.4 Å². The van der Waals surface area contributed by atoms with Crippen LogP contribution in [0.5, 0.6) is 5.75 Å². The molecule has 0 aromatic heterocycles. The molecule has 1 amide bonds. The second-order valence-electron chi connectivity index (χ2n) is 8.79. The van der Waals surface area contributed by atoms with E-state index in [2.05, 4.69) is 52.7 Å². The zero-order valence-electron chi connectivity index (χ0n) is 17.9. The summed E-state index contributed by atoms with van der Waals surface area (Å²) >= 11 is 0. The first-order valence-corrected chi connectivity index (χ1v) is 11.0. The number of hydrogen-bond acceptors (Lipinski definition) is 4. The highest BCUT2D eigenvalue weighted by atomic mass is 16.5. The highest BCUT2D eigenvalue weighted by Crippen LogP contribution is 2.31. The molecular weight excluding hydrogens is 376 g/mol. The van der Waals surface area contributed by atoms with Crippen LogP contribution in [0.3, 0.4) is 0 Å². The third-order valence-electron chi connectivity index (χ3n) is 6.08. The minimum atomic E-state index is -0.991. The van der Waals surface area contributed by atoms with Crippen LogP contribution < -0.4 is 10.1 Å². The topological polar surface area (TPSA) is 61.8 Å². The predicted octanol–water partition coefficient (Wildman–Crippen LogP) is 3.59. The molecule has 1 aliphatic carbocycles. The fourth-order valence-corrected chi connectivity index (χ4v) is 3.90. The maximum absolute atomic E-state index is 11.7. The van der Waals surface area contributed by atoms with Crippen LogP contribution in [0.15, 0.2) is 42.5 Å². The van der Waals surface area contributed by atoms with Crippen LogP contribution in [0.1, 0.15) is 55.0 Å². The summed E-state index contributed by atoms with van der Waals surface area (Å²) in [5.41, 5.74) is 5.11. The molecule has 0 spiro atoms. The van der Waals surface area contributed by atoms with Crippen molar-refractivity contribution in [3.05, 3.63) is 64.7 Å². The Hall–Kier alpha value is -2.37. The van der Waals surface area contributed by atoms with Crippen LogP contribution in [-0.2, 0) is 24.3 Å². The van der Waals surface area contributed by atoms with E-state index in [1.165, 1.54) is 36.5 Å². The summed E-state index contributed by atoms with van der Waals surface area (Å²) in [6.45, 7) is 7.18. The Morgan fingerprint density at radius 1 is 1.17 bits per heavy atom. The number of aliphatic hydroxyl groups excluding tert-OH is 1. The first kappa shape index (κ1) is 20.9. The second kappa shape index (κ2) is 9.19. The number of carbonyl (C=O) groups is 1. The lowest BCUT2D eigenvalue weighted by atomic mass is 9.98. The van der Waals surface area contributed by atoms with Gasteiger partial charge in [0.05, 0.1) is 12.6 Å². The van der Waals surface area contributed by atoms with Gasteiger partial charge in [0, 0.05) is 19.6 Å². The molecule has 1 saturated carbocycles. The Kier molecular flexibility index (Phi) is 6.40. The zero-order valence-corrected chi connectivity index (χ0v) is 17.9. The van der Waals surface area contributed by atoms with Crippen molar-refractivity contribution in [2.75, 3.05) is 13.2 Å². The van der Waals surface area contributed by atoms with E-state index >= 15 is 0 Å². The number of amides is 1. The summed E-state index contributed by atoms with van der Waals surface area (Å²) in [6, 6.07) is 14.8. The number of carbonyl (C=O) groups excluding carboxylic acids is 1. The number of nitrogens with one attached hydrogen (secondary N) is 1. The van der Waals surface area contributed by atoms with Crippen molar-refractivity contribution in [3.8, 4) is 5.75 Å². The van der Waals surface area contributed by atoms with Gasteiger partial charge in [-0.2, -0.15) is 0 Å². The molecule has 1 unspecified atom stereocenters. The molecule has 2 N–H and O–H groups in total. The standard InChI is InChI=1S/C25H32N2O3/c1-17(26-25(29)18(2)28)21-7-5-19(6-8-21)14-27-12-11-22-13-24(10-9-23(22)15-27)30-16-20-3-4-20/h5-10,13,17-18,20,28H,3-4,11-12,14-16H2,1-2H3,(H,26,29)/t17-,18?/m0/s1. The SMILES string of the molecule is CC(O)C(=O)N[C@@H](C)c1ccc(CN2CCc3cc(OCC4CC4)ccc3C2)cc1. The minimum Gasteiger partial charge on any atom is -0.493 e. The van der Waals surface area contributed by atoms with Gasteiger partial charge in [0.1, 0.15) is 11.9 Å². The maximum atomic E-state index is 11.7. The van der Waals surface area contributed by atoms with Crippen molar-refractivity contribution in [1.82, 2.24) is 10.2 Å². The van der Waals surface area contributed by atoms with Crippen LogP contribution in [0.25, 0.3) is 0 Å². The molecule has 0 saturated heterocycles. The van der Waals surface area contributed by atoms with E-state index in [1.807, 2.05) is 6.92 Å². The van der Waals surface area contributed by atoms with Crippen molar-refractivity contribution >= 4 is 5.91 Å². The molecule has 1 heterocycles. The van der Waals surface area contributed by atoms with Crippen LogP contribution in [-0.4, -0.2) is 35.2 Å². The van der Waals surface area contributed by atoms with Crippen LogP contribution in [0, 0.1) is 5.92 Å². The van der Waals surface area contributed by atoms with E-state index in [0.29, 0.717) is 0 Å². The molecule has 5 nitrogen and oxygen atoms in total. The Bertz CT molecular complexity index is 874. The van der Waals surface area contributed by atoms with Gasteiger partial charge in [-0.3, -0.25) is 9.69 Å². The van der Waals surface area contributed by atoms with Crippen LogP contribution in [0.2, 0.25) is 0 Å². The smallest absolute Gasteiger partial charge is 0.249 e. The molecule has 4 rings (SSSR count). The van der Waals surface area contributed by atoms with Gasteiger partial charge in [0.2, 0.25) is 5.91 Å². The third kappa shape index (κ3) is 5.41. The van der Waals surface area contributed by atoms with E-state index < -0.39 is 6.10 Å². The van der Waals surface area contributed by atoms with E-state index in [0.717, 1.165) is 49.9 Å². The molecular formula is C25H32N2O3. The summed E-state index contributed by atoms with van der Waals surface area (Å²) < 4.78 is 5.93. The first-order valence-electron chi connectivity index (χ1n) is 11.0. The fraction of sp³-hybridized carbons (Fsp3) is 0.480. The summed E-state index contributed by atoms with van der Waals surface area (Å²) in [5.74, 6) is 1.45. The molecule has 2 aromatic rings. The van der Waals surface area contributed by atoms with E-state index in [4.69, 9.17) is 4.74 Å². The number of ether oxygens (including phenoxy) is 1. The molecule has 30 heavy (non-hydrogen) atoms. The summed E-state index contributed by atoms with van der Waals surface area (Å²) in [6.07, 6.45) is 2.69. The van der Waals surface area contributed by atoms with Gasteiger partial charge in [0.15, 0.2) is 0 Å². The molecule has 0 radical (unpaired) electrons. The summed E-state index contributed by atoms with van der Waals surface area (Å²) in [4.78, 5) is 14.1. The molecule has 2 atom stereocenters. The third-order valence-corrected chi connectivity index (χ3v) is 6.08. The lowest BCUT2D eigenvalue weighted by molar-refractivity contribution is -0.129. The number of aliphatic hydroxyl groups is 1. The summed E-state index contributed by atoms with van der Waals surface area (Å²) in [7, 11) is 0. The lowest BCUT2D eigenvalue weighted by Crippen LogP contribution is -2.34. The van der Waals surface area contributed by atoms with E-state index in [-0.39, 0.29) is 11.9 Å². The second-order valence-corrected chi connectivity index (χ2v) is 8.79. The van der Waals surface area contributed by atoms with Gasteiger partial charge >= 0.3 is 0 Å². The van der Waals surface area contributed by atoms with E-state index in [1.54, 1.807) is 0 Å². The predicted molar refractivity (Wildman–Crippen MR) is 117 cm³/mol. The van der Waals surface area contributed by atoms with Gasteiger partial charge < -0.3 is 15.2 Å². The monoisotopic (exact) mass is 408 g/mol. The minimum absolute atomic E-state index is 0.126. The maximum Gasteiger partial charge on any atom is 0.249 e. The van der Waals surface area contributed by atoms with Crippen molar-refractivity contribution in [2.45, 2.75) is 58.3 Å². The Morgan fingerprint density at radius 3 is 2.63 bits per heavy atom. The normalized spacial score (nSPS) is 18.4. The molecule has 2 aromatic carbocycles. The van der Waals surface area contributed by atoms with Crippen molar-refractivity contribution in [2.24, 2.45) is 5.92 Å². The van der Waals surface area contributed by atoms with Crippen molar-refractivity contribution < 1.29 is 14.6 Å². The molecule has 5 heteroatoms. The molecule has 1 aliphatic heterocycles. The van der Waals surface area contributed by atoms with Gasteiger partial charge in [0.25, 0.3) is 0 Å². The van der Waals surface area contributed by atoms with Gasteiger partial charge in [-0.15, -0.1) is 0 Å². The average molecular weight is 409 g/mol. The molecule has 160 valence electrons. The Labute approximate surface area is 179 Å². The number of rotatable bonds is 8.